The predicted octanol–water partition coefficient (Wildman–Crippen LogP) is 7.36. The van der Waals surface area contributed by atoms with E-state index in [1.165, 1.54) is 11.1 Å². The standard InChI is InChI=1S/C44H54N4O7/c1-30(2)25-37(47(6)43(52)55-44(3,4)5)41(50)48-24-16-15-23-36(48)40(49)46-33(26-31-17-9-7-10-18-31)29-53-38-27-45-35-22-14-13-21-34(35)39(38)42(51)54-28-32-19-11-8-12-20-32/h7-14,17-22,27,30,33,36-37H,15-16,23-26,28-29H2,1-6H3,(H,46,49)/t33?,36-,37?/m1/s1. The number of rotatable bonds is 14. The molecule has 5 rings (SSSR count). The van der Waals surface area contributed by atoms with Gasteiger partial charge in [0.25, 0.3) is 0 Å². The number of fused-ring (bicyclic) bond motifs is 1. The van der Waals surface area contributed by atoms with Crippen molar-refractivity contribution in [3.05, 3.63) is 108 Å². The third-order valence-corrected chi connectivity index (χ3v) is 9.49. The van der Waals surface area contributed by atoms with Crippen LogP contribution in [0.5, 0.6) is 5.75 Å². The zero-order chi connectivity index (χ0) is 39.5. The van der Waals surface area contributed by atoms with Crippen molar-refractivity contribution in [3.63, 3.8) is 0 Å². The van der Waals surface area contributed by atoms with E-state index < -0.39 is 35.8 Å². The van der Waals surface area contributed by atoms with Crippen LogP contribution < -0.4 is 10.1 Å². The Morgan fingerprint density at radius 1 is 0.909 bits per heavy atom. The molecule has 55 heavy (non-hydrogen) atoms. The number of hydrogen-bond acceptors (Lipinski definition) is 8. The highest BCUT2D eigenvalue weighted by Gasteiger charge is 2.40. The van der Waals surface area contributed by atoms with Crippen LogP contribution in [0.25, 0.3) is 10.9 Å². The first-order valence-corrected chi connectivity index (χ1v) is 19.1. The van der Waals surface area contributed by atoms with Crippen molar-refractivity contribution >= 4 is 34.8 Å². The summed E-state index contributed by atoms with van der Waals surface area (Å²) < 4.78 is 17.8. The van der Waals surface area contributed by atoms with E-state index in [2.05, 4.69) is 10.3 Å². The van der Waals surface area contributed by atoms with Crippen molar-refractivity contribution < 1.29 is 33.4 Å². The lowest BCUT2D eigenvalue weighted by Crippen LogP contribution is -2.59. The first-order chi connectivity index (χ1) is 26.3. The lowest BCUT2D eigenvalue weighted by Gasteiger charge is -2.40. The fourth-order valence-corrected chi connectivity index (χ4v) is 6.77. The summed E-state index contributed by atoms with van der Waals surface area (Å²) >= 11 is 0. The van der Waals surface area contributed by atoms with Crippen molar-refractivity contribution in [1.82, 2.24) is 20.1 Å². The maximum atomic E-state index is 14.3. The lowest BCUT2D eigenvalue weighted by molar-refractivity contribution is -0.146. The van der Waals surface area contributed by atoms with Gasteiger partial charge in [-0.25, -0.2) is 9.59 Å². The van der Waals surface area contributed by atoms with Gasteiger partial charge < -0.3 is 24.4 Å². The second-order valence-corrected chi connectivity index (χ2v) is 15.6. The maximum Gasteiger partial charge on any atom is 0.410 e. The van der Waals surface area contributed by atoms with E-state index in [0.29, 0.717) is 36.7 Å². The van der Waals surface area contributed by atoms with E-state index in [4.69, 9.17) is 14.2 Å². The van der Waals surface area contributed by atoms with Crippen molar-refractivity contribution in [2.45, 2.75) is 97.1 Å². The quantitative estimate of drug-likeness (QED) is 0.133. The molecule has 0 bridgehead atoms. The lowest BCUT2D eigenvalue weighted by atomic mass is 9.96. The number of aromatic nitrogens is 1. The topological polar surface area (TPSA) is 127 Å². The van der Waals surface area contributed by atoms with Gasteiger partial charge in [-0.3, -0.25) is 19.5 Å². The Morgan fingerprint density at radius 2 is 1.56 bits per heavy atom. The number of nitrogens with zero attached hydrogens (tertiary/aromatic N) is 3. The van der Waals surface area contributed by atoms with E-state index in [1.807, 2.05) is 92.7 Å². The van der Waals surface area contributed by atoms with Gasteiger partial charge in [0.2, 0.25) is 11.8 Å². The van der Waals surface area contributed by atoms with E-state index in [-0.39, 0.29) is 42.3 Å². The summed E-state index contributed by atoms with van der Waals surface area (Å²) in [4.78, 5) is 63.0. The summed E-state index contributed by atoms with van der Waals surface area (Å²) in [6.07, 6.45) is 3.77. The zero-order valence-electron chi connectivity index (χ0n) is 32.8. The number of esters is 1. The first kappa shape index (κ1) is 40.7. The SMILES string of the molecule is CC(C)CC(C(=O)N1CCCC[C@@H]1C(=O)NC(COc1cnc2ccccc2c1C(=O)OCc1ccccc1)Cc1ccccc1)N(C)C(=O)OC(C)(C)C. The van der Waals surface area contributed by atoms with Crippen LogP contribution in [0.3, 0.4) is 0 Å². The minimum atomic E-state index is -0.799. The summed E-state index contributed by atoms with van der Waals surface area (Å²) in [5, 5.41) is 3.77. The highest BCUT2D eigenvalue weighted by Crippen LogP contribution is 2.28. The zero-order valence-corrected chi connectivity index (χ0v) is 32.8. The molecule has 11 nitrogen and oxygen atoms in total. The Labute approximate surface area is 324 Å². The van der Waals surface area contributed by atoms with Crippen molar-refractivity contribution in [1.29, 1.82) is 0 Å². The number of ether oxygens (including phenoxy) is 3. The van der Waals surface area contributed by atoms with Crippen LogP contribution in [-0.2, 0) is 32.1 Å². The molecule has 1 aliphatic rings. The Hall–Kier alpha value is -5.45. The molecule has 0 radical (unpaired) electrons. The van der Waals surface area contributed by atoms with Gasteiger partial charge in [0.05, 0.1) is 17.8 Å². The Balaban J connectivity index is 1.38. The molecule has 3 atom stereocenters. The molecule has 1 fully saturated rings. The number of para-hydroxylation sites is 1. The van der Waals surface area contributed by atoms with Gasteiger partial charge in [-0.15, -0.1) is 0 Å². The highest BCUT2D eigenvalue weighted by molar-refractivity contribution is 6.05. The van der Waals surface area contributed by atoms with Crippen LogP contribution in [0, 0.1) is 5.92 Å². The molecule has 1 aromatic heterocycles. The first-order valence-electron chi connectivity index (χ1n) is 19.1. The van der Waals surface area contributed by atoms with Gasteiger partial charge in [0, 0.05) is 19.0 Å². The van der Waals surface area contributed by atoms with Crippen LogP contribution in [0.2, 0.25) is 0 Å². The molecule has 1 N–H and O–H groups in total. The number of benzene rings is 3. The summed E-state index contributed by atoms with van der Waals surface area (Å²) in [5.74, 6) is -0.794. The number of pyridine rings is 1. The van der Waals surface area contributed by atoms with Gasteiger partial charge in [0.15, 0.2) is 5.75 Å². The molecule has 292 valence electrons. The summed E-state index contributed by atoms with van der Waals surface area (Å²) in [7, 11) is 1.58. The third-order valence-electron chi connectivity index (χ3n) is 9.49. The van der Waals surface area contributed by atoms with Crippen LogP contribution in [-0.4, -0.2) is 82.6 Å². The van der Waals surface area contributed by atoms with Crippen molar-refractivity contribution in [2.24, 2.45) is 5.92 Å². The molecule has 3 aromatic carbocycles. The van der Waals surface area contributed by atoms with E-state index in [0.717, 1.165) is 24.0 Å². The smallest absolute Gasteiger partial charge is 0.410 e. The molecule has 1 aliphatic heterocycles. The minimum Gasteiger partial charge on any atom is -0.489 e. The van der Waals surface area contributed by atoms with Gasteiger partial charge in [-0.1, -0.05) is 92.7 Å². The molecular formula is C44H54N4O7. The average molecular weight is 751 g/mol. The summed E-state index contributed by atoms with van der Waals surface area (Å²) in [5.41, 5.74) is 1.96. The Bertz CT molecular complexity index is 1910. The number of hydrogen-bond donors (Lipinski definition) is 1. The van der Waals surface area contributed by atoms with Crippen LogP contribution in [0.1, 0.15) is 81.8 Å². The normalized spacial score (nSPS) is 15.5. The van der Waals surface area contributed by atoms with Crippen LogP contribution in [0.15, 0.2) is 91.1 Å². The molecule has 0 aliphatic carbocycles. The highest BCUT2D eigenvalue weighted by atomic mass is 16.6. The fraction of sp³-hybridized carbons (Fsp3) is 0.432. The maximum absolute atomic E-state index is 14.3. The van der Waals surface area contributed by atoms with Crippen molar-refractivity contribution in [2.75, 3.05) is 20.2 Å². The number of piperidine rings is 1. The van der Waals surface area contributed by atoms with E-state index in [9.17, 15) is 19.2 Å². The fourth-order valence-electron chi connectivity index (χ4n) is 6.77. The van der Waals surface area contributed by atoms with Gasteiger partial charge in [-0.2, -0.15) is 0 Å². The minimum absolute atomic E-state index is 0.0115. The third kappa shape index (κ3) is 11.3. The average Bonchev–Trinajstić information content (AvgIpc) is 3.17. The molecular weight excluding hydrogens is 697 g/mol. The monoisotopic (exact) mass is 750 g/mol. The van der Waals surface area contributed by atoms with Crippen molar-refractivity contribution in [3.8, 4) is 5.75 Å². The van der Waals surface area contributed by atoms with E-state index >= 15 is 0 Å². The largest absolute Gasteiger partial charge is 0.489 e. The van der Waals surface area contributed by atoms with Gasteiger partial charge >= 0.3 is 12.1 Å². The second-order valence-electron chi connectivity index (χ2n) is 15.6. The molecule has 0 saturated carbocycles. The van der Waals surface area contributed by atoms with Crippen LogP contribution in [0.4, 0.5) is 4.79 Å². The molecule has 11 heteroatoms. The number of likely N-dealkylation sites (N-methyl/N-ethyl adjacent to an activating group) is 1. The molecule has 3 amide bonds. The number of carbonyl (C=O) groups excluding carboxylic acids is 4. The number of carbonyl (C=O) groups is 4. The number of nitrogens with one attached hydrogen (secondary N) is 1. The molecule has 1 saturated heterocycles. The predicted molar refractivity (Wildman–Crippen MR) is 211 cm³/mol. The summed E-state index contributed by atoms with van der Waals surface area (Å²) in [6.45, 7) is 9.84. The van der Waals surface area contributed by atoms with Crippen LogP contribution >= 0.6 is 0 Å². The van der Waals surface area contributed by atoms with Gasteiger partial charge in [0.1, 0.15) is 36.5 Å². The van der Waals surface area contributed by atoms with Gasteiger partial charge in [-0.05, 0) is 76.0 Å². The number of likely N-dealkylation sites (tertiary alicyclic amines) is 1. The summed E-state index contributed by atoms with van der Waals surface area (Å²) in [6, 6.07) is 24.4. The molecule has 4 aromatic rings. The van der Waals surface area contributed by atoms with E-state index in [1.54, 1.807) is 38.8 Å². The molecule has 0 spiro atoms. The Morgan fingerprint density at radius 3 is 2.24 bits per heavy atom. The molecule has 2 unspecified atom stereocenters. The second kappa shape index (κ2) is 18.7. The molecule has 2 heterocycles. The Kier molecular flexibility index (Phi) is 13.9. The number of amides is 3.